The fourth-order valence-corrected chi connectivity index (χ4v) is 3.20. The molecule has 1 unspecified atom stereocenters. The van der Waals surface area contributed by atoms with E-state index in [1.165, 1.54) is 4.90 Å². The summed E-state index contributed by atoms with van der Waals surface area (Å²) in [7, 11) is 0. The molecule has 0 radical (unpaired) electrons. The second-order valence-electron chi connectivity index (χ2n) is 6.76. The maximum absolute atomic E-state index is 13.1. The lowest BCUT2D eigenvalue weighted by atomic mass is 10.1. The zero-order valence-electron chi connectivity index (χ0n) is 16.6. The lowest BCUT2D eigenvalue weighted by Gasteiger charge is -2.26. The number of anilines is 1. The Hall–Kier alpha value is -2.65. The number of carboxylic acids is 1. The first-order valence-corrected chi connectivity index (χ1v) is 9.85. The van der Waals surface area contributed by atoms with Crippen LogP contribution in [0.2, 0.25) is 0 Å². The van der Waals surface area contributed by atoms with E-state index in [0.717, 1.165) is 19.3 Å². The van der Waals surface area contributed by atoms with Crippen molar-refractivity contribution < 1.29 is 29.0 Å². The van der Waals surface area contributed by atoms with Crippen LogP contribution in [0.4, 0.5) is 5.69 Å². The molecule has 160 valence electrons. The van der Waals surface area contributed by atoms with Crippen LogP contribution in [0.5, 0.6) is 5.75 Å². The molecule has 4 N–H and O–H groups in total. The van der Waals surface area contributed by atoms with Crippen LogP contribution in [0.25, 0.3) is 0 Å². The number of hydrogen-bond donors (Lipinski definition) is 3. The second kappa shape index (κ2) is 11.4. The van der Waals surface area contributed by atoms with E-state index in [4.69, 9.17) is 15.2 Å². The molecule has 1 aliphatic rings. The van der Waals surface area contributed by atoms with Gasteiger partial charge in [-0.1, -0.05) is 25.0 Å². The molecular formula is C20H29N3O6. The van der Waals surface area contributed by atoms with E-state index in [1.54, 1.807) is 31.2 Å². The number of nitrogens with two attached hydrogens (primary N) is 1. The summed E-state index contributed by atoms with van der Waals surface area (Å²) in [5.74, 6) is -1.63. The summed E-state index contributed by atoms with van der Waals surface area (Å²) < 4.78 is 10.9. The van der Waals surface area contributed by atoms with Crippen LogP contribution < -0.4 is 20.7 Å². The van der Waals surface area contributed by atoms with Crippen molar-refractivity contribution in [3.8, 4) is 5.75 Å². The largest absolute Gasteiger partial charge is 0.489 e. The van der Waals surface area contributed by atoms with E-state index in [9.17, 15) is 19.5 Å². The van der Waals surface area contributed by atoms with Gasteiger partial charge < -0.3 is 20.3 Å². The zero-order chi connectivity index (χ0) is 21.2. The predicted octanol–water partition coefficient (Wildman–Crippen LogP) is 0.906. The Morgan fingerprint density at radius 1 is 1.34 bits per heavy atom. The lowest BCUT2D eigenvalue weighted by molar-refractivity contribution is -0.146. The summed E-state index contributed by atoms with van der Waals surface area (Å²) in [6, 6.07) is 5.18. The Morgan fingerprint density at radius 2 is 2.10 bits per heavy atom. The third kappa shape index (κ3) is 6.43. The molecular weight excluding hydrogens is 378 g/mol. The minimum atomic E-state index is -1.14. The van der Waals surface area contributed by atoms with Crippen LogP contribution in [0.15, 0.2) is 24.3 Å². The maximum Gasteiger partial charge on any atom is 0.323 e. The van der Waals surface area contributed by atoms with Gasteiger partial charge in [0.1, 0.15) is 31.0 Å². The Kier molecular flexibility index (Phi) is 8.88. The molecule has 0 fully saturated rings. The van der Waals surface area contributed by atoms with Gasteiger partial charge in [-0.05, 0) is 38.4 Å². The number of rotatable bonds is 11. The van der Waals surface area contributed by atoms with Crippen LogP contribution >= 0.6 is 0 Å². The Balaban J connectivity index is 2.18. The van der Waals surface area contributed by atoms with Crippen molar-refractivity contribution in [3.05, 3.63) is 24.3 Å². The molecule has 0 bridgehead atoms. The molecule has 9 nitrogen and oxygen atoms in total. The topological polar surface area (TPSA) is 131 Å². The number of esters is 1. The molecule has 1 aromatic carbocycles. The highest BCUT2D eigenvalue weighted by Crippen LogP contribution is 2.31. The number of nitrogens with one attached hydrogen (secondary N) is 1. The smallest absolute Gasteiger partial charge is 0.323 e. The van der Waals surface area contributed by atoms with Gasteiger partial charge in [-0.2, -0.15) is 0 Å². The van der Waals surface area contributed by atoms with Crippen LogP contribution in [-0.4, -0.2) is 61.3 Å². The summed E-state index contributed by atoms with van der Waals surface area (Å²) in [6.45, 7) is 2.00. The van der Waals surface area contributed by atoms with Gasteiger partial charge in [0.25, 0.3) is 0 Å². The summed E-state index contributed by atoms with van der Waals surface area (Å²) in [5, 5.41) is 12.3. The molecule has 2 rings (SSSR count). The molecule has 1 heterocycles. The van der Waals surface area contributed by atoms with Gasteiger partial charge in [0.15, 0.2) is 0 Å². The molecule has 0 spiro atoms. The normalized spacial score (nSPS) is 17.1. The highest BCUT2D eigenvalue weighted by Gasteiger charge is 2.35. The number of hydrogen-bond acceptors (Lipinski definition) is 7. The lowest BCUT2D eigenvalue weighted by Crippen LogP contribution is -2.54. The summed E-state index contributed by atoms with van der Waals surface area (Å²) >= 11 is 0. The van der Waals surface area contributed by atoms with Crippen LogP contribution in [0, 0.1) is 0 Å². The quantitative estimate of drug-likeness (QED) is 0.364. The van der Waals surface area contributed by atoms with Crippen molar-refractivity contribution in [1.29, 1.82) is 0 Å². The number of nitrogens with zero attached hydrogens (tertiary/aromatic N) is 1. The molecule has 0 saturated heterocycles. The fraction of sp³-hybridized carbons (Fsp3) is 0.550. The van der Waals surface area contributed by atoms with Gasteiger partial charge >= 0.3 is 11.9 Å². The van der Waals surface area contributed by atoms with E-state index in [1.807, 2.05) is 0 Å². The van der Waals surface area contributed by atoms with Crippen molar-refractivity contribution in [2.75, 3.05) is 31.2 Å². The predicted molar refractivity (Wildman–Crippen MR) is 107 cm³/mol. The molecule has 1 amide bonds. The highest BCUT2D eigenvalue weighted by molar-refractivity contribution is 6.02. The van der Waals surface area contributed by atoms with Crippen molar-refractivity contribution >= 4 is 23.5 Å². The Labute approximate surface area is 170 Å². The summed E-state index contributed by atoms with van der Waals surface area (Å²) in [6.07, 6.45) is 2.94. The van der Waals surface area contributed by atoms with E-state index in [-0.39, 0.29) is 13.2 Å². The molecule has 9 heteroatoms. The third-order valence-corrected chi connectivity index (χ3v) is 4.59. The Bertz CT molecular complexity index is 711. The molecule has 1 aliphatic heterocycles. The minimum absolute atomic E-state index is 0.0231. The molecule has 0 saturated carbocycles. The zero-order valence-corrected chi connectivity index (χ0v) is 16.6. The standard InChI is InChI=1S/C20H29N3O6/c1-2-28-20(27)14(8-4-3-7-11-21)22-15-13-29-17-10-6-5-9-16(17)23(19(15)26)12-18(24)25/h5-6,9-10,14-15,22H,2-4,7-8,11-13,21H2,1H3,(H,24,25)/t14?,15-/m0/s1. The highest BCUT2D eigenvalue weighted by atomic mass is 16.5. The monoisotopic (exact) mass is 407 g/mol. The average molecular weight is 407 g/mol. The van der Waals surface area contributed by atoms with E-state index < -0.39 is 36.5 Å². The van der Waals surface area contributed by atoms with Gasteiger partial charge in [-0.25, -0.2) is 0 Å². The number of para-hydroxylation sites is 2. The van der Waals surface area contributed by atoms with Crippen LogP contribution in [0.3, 0.4) is 0 Å². The van der Waals surface area contributed by atoms with Gasteiger partial charge in [0.2, 0.25) is 5.91 Å². The van der Waals surface area contributed by atoms with Crippen LogP contribution in [-0.2, 0) is 19.1 Å². The van der Waals surface area contributed by atoms with E-state index in [2.05, 4.69) is 5.32 Å². The molecule has 2 atom stereocenters. The van der Waals surface area contributed by atoms with Crippen LogP contribution in [0.1, 0.15) is 32.6 Å². The summed E-state index contributed by atoms with van der Waals surface area (Å²) in [5.41, 5.74) is 5.90. The van der Waals surface area contributed by atoms with Crippen molar-refractivity contribution in [1.82, 2.24) is 5.32 Å². The first-order valence-electron chi connectivity index (χ1n) is 9.85. The van der Waals surface area contributed by atoms with E-state index >= 15 is 0 Å². The van der Waals surface area contributed by atoms with Crippen molar-refractivity contribution in [2.45, 2.75) is 44.7 Å². The maximum atomic E-state index is 13.1. The number of aliphatic carboxylic acids is 1. The van der Waals surface area contributed by atoms with Gasteiger partial charge in [0, 0.05) is 0 Å². The summed E-state index contributed by atoms with van der Waals surface area (Å²) in [4.78, 5) is 38.0. The van der Waals surface area contributed by atoms with Gasteiger partial charge in [-0.3, -0.25) is 24.6 Å². The third-order valence-electron chi connectivity index (χ3n) is 4.59. The number of benzene rings is 1. The van der Waals surface area contributed by atoms with E-state index in [0.29, 0.717) is 24.4 Å². The Morgan fingerprint density at radius 3 is 2.79 bits per heavy atom. The molecule has 1 aromatic rings. The number of carboxylic acid groups (broad SMARTS) is 1. The van der Waals surface area contributed by atoms with Gasteiger partial charge in [0.05, 0.1) is 12.3 Å². The number of unbranched alkanes of at least 4 members (excludes halogenated alkanes) is 2. The van der Waals surface area contributed by atoms with Gasteiger partial charge in [-0.15, -0.1) is 0 Å². The minimum Gasteiger partial charge on any atom is -0.489 e. The fourth-order valence-electron chi connectivity index (χ4n) is 3.20. The van der Waals surface area contributed by atoms with Crippen molar-refractivity contribution in [3.63, 3.8) is 0 Å². The average Bonchev–Trinajstić information content (AvgIpc) is 2.82. The number of amides is 1. The van der Waals surface area contributed by atoms with Crippen molar-refractivity contribution in [2.24, 2.45) is 5.73 Å². The second-order valence-corrected chi connectivity index (χ2v) is 6.76. The number of carbonyl (C=O) groups excluding carboxylic acids is 2. The SMILES string of the molecule is CCOC(=O)C(CCCCCN)N[C@H]1COc2ccccc2N(CC(=O)O)C1=O. The molecule has 29 heavy (non-hydrogen) atoms. The number of fused-ring (bicyclic) bond motifs is 1. The number of ether oxygens (including phenoxy) is 2. The number of carbonyl (C=O) groups is 3. The first kappa shape index (κ1) is 22.6. The molecule has 0 aliphatic carbocycles. The molecule has 0 aromatic heterocycles. The first-order chi connectivity index (χ1) is 14.0.